The first-order valence-electron chi connectivity index (χ1n) is 11.1. The van der Waals surface area contributed by atoms with Crippen molar-refractivity contribution in [2.45, 2.75) is 104 Å². The quantitative estimate of drug-likeness (QED) is 0.285. The molecule has 3 heteroatoms. The van der Waals surface area contributed by atoms with E-state index in [1.54, 1.807) is 0 Å². The summed E-state index contributed by atoms with van der Waals surface area (Å²) < 4.78 is 0. The van der Waals surface area contributed by atoms with Crippen LogP contribution in [0.15, 0.2) is 6.07 Å². The van der Waals surface area contributed by atoms with Crippen molar-refractivity contribution in [2.75, 3.05) is 0 Å². The summed E-state index contributed by atoms with van der Waals surface area (Å²) in [4.78, 5) is 0. The van der Waals surface area contributed by atoms with Crippen molar-refractivity contribution < 1.29 is 15.3 Å². The van der Waals surface area contributed by atoms with Crippen molar-refractivity contribution in [1.29, 1.82) is 0 Å². The minimum Gasteiger partial charge on any atom is -0.504 e. The van der Waals surface area contributed by atoms with Gasteiger partial charge in [-0.15, -0.1) is 0 Å². The van der Waals surface area contributed by atoms with E-state index in [-0.39, 0.29) is 17.2 Å². The Balaban J connectivity index is 1.44. The molecule has 0 aromatic heterocycles. The van der Waals surface area contributed by atoms with E-state index in [4.69, 9.17) is 0 Å². The van der Waals surface area contributed by atoms with Crippen molar-refractivity contribution >= 4 is 0 Å². The van der Waals surface area contributed by atoms with Gasteiger partial charge < -0.3 is 15.3 Å². The maximum absolute atomic E-state index is 10.2. The monoisotopic (exact) mass is 374 g/mol. The largest absolute Gasteiger partial charge is 0.504 e. The van der Waals surface area contributed by atoms with Crippen LogP contribution in [-0.4, -0.2) is 15.3 Å². The number of aryl methyl sites for hydroxylation is 2. The fourth-order valence-electron chi connectivity index (χ4n) is 4.16. The summed E-state index contributed by atoms with van der Waals surface area (Å²) in [6, 6.07) is 1.91. The zero-order valence-corrected chi connectivity index (χ0v) is 17.3. The molecule has 3 nitrogen and oxygen atoms in total. The number of hydrogen-bond donors (Lipinski definition) is 3. The lowest BCUT2D eigenvalue weighted by molar-refractivity contribution is 0.361. The summed E-state index contributed by atoms with van der Waals surface area (Å²) in [5.74, 6) is -0.600. The van der Waals surface area contributed by atoms with E-state index in [9.17, 15) is 15.3 Å². The summed E-state index contributed by atoms with van der Waals surface area (Å²) >= 11 is 0. The van der Waals surface area contributed by atoms with Crippen LogP contribution in [-0.2, 0) is 12.8 Å². The Morgan fingerprint density at radius 2 is 1.04 bits per heavy atom. The van der Waals surface area contributed by atoms with Crippen LogP contribution in [0.3, 0.4) is 0 Å². The van der Waals surface area contributed by atoms with E-state index >= 15 is 0 Å². The summed E-state index contributed by atoms with van der Waals surface area (Å²) in [6.45, 7) is 4.73. The molecule has 27 heavy (non-hydrogen) atoms. The molecule has 3 N–H and O–H groups in total. The highest BCUT2D eigenvalue weighted by atomic mass is 16.3. The summed E-state index contributed by atoms with van der Waals surface area (Å²) in [6.07, 6.45) is 16.5. The highest BCUT2D eigenvalue weighted by Crippen LogP contribution is 2.50. The van der Waals surface area contributed by atoms with E-state index < -0.39 is 0 Å². The van der Waals surface area contributed by atoms with Gasteiger partial charge in [0.1, 0.15) is 0 Å². The molecule has 2 aliphatic rings. The van der Waals surface area contributed by atoms with Gasteiger partial charge in [-0.3, -0.25) is 0 Å². The molecule has 0 amide bonds. The second-order valence-electron chi connectivity index (χ2n) is 9.98. The Hall–Kier alpha value is -1.38. The molecule has 2 aliphatic carbocycles. The molecule has 1 aromatic rings. The standard InChI is InChI=1S/C24H38O3/c1-23(13-14-23)11-7-4-3-5-9-18-17-19(21(26)22(27)20(18)25)10-6-8-12-24(2)15-16-24/h17,25-27H,3-16H2,1-2H3. The van der Waals surface area contributed by atoms with Gasteiger partial charge in [-0.25, -0.2) is 0 Å². The summed E-state index contributed by atoms with van der Waals surface area (Å²) in [5, 5.41) is 30.5. The topological polar surface area (TPSA) is 60.7 Å². The van der Waals surface area contributed by atoms with E-state index in [1.165, 1.54) is 51.4 Å². The molecule has 2 fully saturated rings. The van der Waals surface area contributed by atoms with Crippen molar-refractivity contribution in [3.8, 4) is 17.2 Å². The van der Waals surface area contributed by atoms with Crippen molar-refractivity contribution in [3.05, 3.63) is 17.2 Å². The fraction of sp³-hybridized carbons (Fsp3) is 0.750. The van der Waals surface area contributed by atoms with Gasteiger partial charge in [0.2, 0.25) is 5.75 Å². The highest BCUT2D eigenvalue weighted by Gasteiger charge is 2.36. The summed E-state index contributed by atoms with van der Waals surface area (Å²) in [5.41, 5.74) is 2.78. The van der Waals surface area contributed by atoms with Crippen molar-refractivity contribution in [2.24, 2.45) is 10.8 Å². The normalized spacial score (nSPS) is 19.2. The van der Waals surface area contributed by atoms with E-state index in [1.807, 2.05) is 6.07 Å². The number of phenols is 3. The first-order valence-corrected chi connectivity index (χ1v) is 11.1. The third-order valence-electron chi connectivity index (χ3n) is 7.07. The molecule has 2 saturated carbocycles. The van der Waals surface area contributed by atoms with Crippen molar-refractivity contribution in [1.82, 2.24) is 0 Å². The Morgan fingerprint density at radius 1 is 0.630 bits per heavy atom. The fourth-order valence-corrected chi connectivity index (χ4v) is 4.16. The third kappa shape index (κ3) is 5.80. The Kier molecular flexibility index (Phi) is 6.28. The Labute approximate surface area is 164 Å². The minimum atomic E-state index is -0.335. The number of benzene rings is 1. The lowest BCUT2D eigenvalue weighted by Crippen LogP contribution is -1.96. The molecule has 0 unspecified atom stereocenters. The average Bonchev–Trinajstić information content (AvgIpc) is 3.55. The predicted molar refractivity (Wildman–Crippen MR) is 110 cm³/mol. The lowest BCUT2D eigenvalue weighted by Gasteiger charge is -2.13. The van der Waals surface area contributed by atoms with Crippen LogP contribution in [0.2, 0.25) is 0 Å². The van der Waals surface area contributed by atoms with Crippen LogP contribution in [0, 0.1) is 10.8 Å². The van der Waals surface area contributed by atoms with E-state index in [2.05, 4.69) is 13.8 Å². The molecular formula is C24H38O3. The molecule has 0 atom stereocenters. The number of rotatable bonds is 12. The lowest BCUT2D eigenvalue weighted by atomic mass is 9.95. The van der Waals surface area contributed by atoms with Crippen LogP contribution in [0.5, 0.6) is 17.2 Å². The Morgan fingerprint density at radius 3 is 1.52 bits per heavy atom. The average molecular weight is 375 g/mol. The molecule has 0 aliphatic heterocycles. The number of aromatic hydroxyl groups is 3. The molecule has 3 rings (SSSR count). The molecule has 0 saturated heterocycles. The Bertz CT molecular complexity index is 642. The van der Waals surface area contributed by atoms with E-state index in [0.717, 1.165) is 49.7 Å². The maximum Gasteiger partial charge on any atom is 0.200 e. The third-order valence-corrected chi connectivity index (χ3v) is 7.07. The van der Waals surface area contributed by atoms with Crippen LogP contribution in [0.25, 0.3) is 0 Å². The predicted octanol–water partition coefficient (Wildman–Crippen LogP) is 6.61. The molecule has 0 spiro atoms. The van der Waals surface area contributed by atoms with Crippen LogP contribution >= 0.6 is 0 Å². The molecule has 0 radical (unpaired) electrons. The molecule has 0 heterocycles. The van der Waals surface area contributed by atoms with Gasteiger partial charge in [-0.05, 0) is 92.2 Å². The van der Waals surface area contributed by atoms with Crippen LogP contribution in [0.1, 0.15) is 102 Å². The summed E-state index contributed by atoms with van der Waals surface area (Å²) in [7, 11) is 0. The van der Waals surface area contributed by atoms with Crippen LogP contribution < -0.4 is 0 Å². The van der Waals surface area contributed by atoms with Crippen molar-refractivity contribution in [3.63, 3.8) is 0 Å². The minimum absolute atomic E-state index is 0.132. The molecule has 1 aromatic carbocycles. The second-order valence-corrected chi connectivity index (χ2v) is 9.98. The van der Waals surface area contributed by atoms with Gasteiger partial charge in [0.05, 0.1) is 0 Å². The first-order chi connectivity index (χ1) is 12.8. The van der Waals surface area contributed by atoms with Gasteiger partial charge in [0.15, 0.2) is 11.5 Å². The zero-order valence-electron chi connectivity index (χ0n) is 17.3. The number of unbranched alkanes of at least 4 members (excludes halogenated alkanes) is 4. The SMILES string of the molecule is CC1(CCCCCCc2cc(CCCCC3(C)CC3)c(O)c(O)c2O)CC1. The molecule has 0 bridgehead atoms. The van der Waals surface area contributed by atoms with Gasteiger partial charge in [0.25, 0.3) is 0 Å². The highest BCUT2D eigenvalue weighted by molar-refractivity contribution is 5.57. The second kappa shape index (κ2) is 8.32. The molecular weight excluding hydrogens is 336 g/mol. The molecule has 152 valence electrons. The van der Waals surface area contributed by atoms with Crippen LogP contribution in [0.4, 0.5) is 0 Å². The first kappa shape index (κ1) is 20.4. The number of phenolic OH excluding ortho intramolecular Hbond substituents is 3. The number of hydrogen-bond acceptors (Lipinski definition) is 3. The van der Waals surface area contributed by atoms with Gasteiger partial charge in [-0.2, -0.15) is 0 Å². The zero-order chi connectivity index (χ0) is 19.5. The van der Waals surface area contributed by atoms with Gasteiger partial charge in [-0.1, -0.05) is 39.5 Å². The smallest absolute Gasteiger partial charge is 0.200 e. The maximum atomic E-state index is 10.2. The van der Waals surface area contributed by atoms with Gasteiger partial charge >= 0.3 is 0 Å². The van der Waals surface area contributed by atoms with E-state index in [0.29, 0.717) is 10.8 Å². The van der Waals surface area contributed by atoms with Gasteiger partial charge in [0, 0.05) is 0 Å².